The van der Waals surface area contributed by atoms with Crippen molar-refractivity contribution in [3.8, 4) is 0 Å². The van der Waals surface area contributed by atoms with Gasteiger partial charge >= 0.3 is 0 Å². The second kappa shape index (κ2) is 7.63. The van der Waals surface area contributed by atoms with Crippen molar-refractivity contribution >= 4 is 0 Å². The molecule has 0 aromatic heterocycles. The molecule has 0 amide bonds. The van der Waals surface area contributed by atoms with Crippen LogP contribution in [0.3, 0.4) is 0 Å². The lowest BCUT2D eigenvalue weighted by Gasteiger charge is -2.23. The summed E-state index contributed by atoms with van der Waals surface area (Å²) in [7, 11) is 1.73. The molecule has 1 aliphatic heterocycles. The summed E-state index contributed by atoms with van der Waals surface area (Å²) in [6.45, 7) is 0.932. The van der Waals surface area contributed by atoms with E-state index >= 15 is 0 Å². The smallest absolute Gasteiger partial charge is 0.0971 e. The molecular weight excluding hydrogens is 238 g/mol. The Kier molecular flexibility index (Phi) is 5.83. The summed E-state index contributed by atoms with van der Waals surface area (Å²) >= 11 is 0. The Morgan fingerprint density at radius 2 is 2.16 bits per heavy atom. The summed E-state index contributed by atoms with van der Waals surface area (Å²) in [6, 6.07) is 10.3. The minimum Gasteiger partial charge on any atom is -0.378 e. The van der Waals surface area contributed by atoms with E-state index in [9.17, 15) is 0 Å². The van der Waals surface area contributed by atoms with E-state index in [2.05, 4.69) is 12.1 Å². The van der Waals surface area contributed by atoms with E-state index < -0.39 is 0 Å². The molecule has 106 valence electrons. The van der Waals surface area contributed by atoms with Gasteiger partial charge in [0.15, 0.2) is 0 Å². The summed E-state index contributed by atoms with van der Waals surface area (Å²) in [5.41, 5.74) is 7.44. The maximum absolute atomic E-state index is 6.28. The fourth-order valence-electron chi connectivity index (χ4n) is 2.81. The van der Waals surface area contributed by atoms with Gasteiger partial charge in [-0.2, -0.15) is 0 Å². The van der Waals surface area contributed by atoms with Gasteiger partial charge in [0.05, 0.1) is 12.2 Å². The molecule has 1 aromatic rings. The molecular formula is C16H25NO2. The molecule has 0 radical (unpaired) electrons. The van der Waals surface area contributed by atoms with E-state index in [4.69, 9.17) is 15.2 Å². The number of benzene rings is 1. The molecule has 0 spiro atoms. The van der Waals surface area contributed by atoms with Crippen molar-refractivity contribution in [3.05, 3.63) is 35.9 Å². The molecule has 2 N–H and O–H groups in total. The maximum atomic E-state index is 6.28. The fourth-order valence-corrected chi connectivity index (χ4v) is 2.81. The Labute approximate surface area is 116 Å². The number of hydrogen-bond acceptors (Lipinski definition) is 3. The summed E-state index contributed by atoms with van der Waals surface area (Å²) in [5, 5.41) is 0. The van der Waals surface area contributed by atoms with Crippen LogP contribution in [0.25, 0.3) is 0 Å². The highest BCUT2D eigenvalue weighted by molar-refractivity contribution is 5.19. The van der Waals surface area contributed by atoms with Crippen LogP contribution in [0, 0.1) is 0 Å². The molecule has 1 fully saturated rings. The van der Waals surface area contributed by atoms with Gasteiger partial charge in [-0.1, -0.05) is 30.3 Å². The zero-order valence-electron chi connectivity index (χ0n) is 11.8. The molecule has 2 rings (SSSR count). The number of rotatable bonds is 7. The zero-order valence-corrected chi connectivity index (χ0v) is 11.8. The maximum Gasteiger partial charge on any atom is 0.0971 e. The van der Waals surface area contributed by atoms with Crippen molar-refractivity contribution in [3.63, 3.8) is 0 Å². The summed E-state index contributed by atoms with van der Waals surface area (Å²) in [4.78, 5) is 0. The fraction of sp³-hybridized carbons (Fsp3) is 0.625. The van der Waals surface area contributed by atoms with Crippen LogP contribution in [0.4, 0.5) is 0 Å². The predicted molar refractivity (Wildman–Crippen MR) is 77.0 cm³/mol. The monoisotopic (exact) mass is 263 g/mol. The summed E-state index contributed by atoms with van der Waals surface area (Å²) < 4.78 is 11.2. The summed E-state index contributed by atoms with van der Waals surface area (Å²) in [5.74, 6) is 0. The molecule has 3 unspecified atom stereocenters. The van der Waals surface area contributed by atoms with Crippen molar-refractivity contribution in [1.82, 2.24) is 0 Å². The highest BCUT2D eigenvalue weighted by Crippen LogP contribution is 2.24. The predicted octanol–water partition coefficient (Wildman–Crippen LogP) is 3.05. The van der Waals surface area contributed by atoms with Gasteiger partial charge in [0.2, 0.25) is 0 Å². The lowest BCUT2D eigenvalue weighted by atomic mass is 9.97. The van der Waals surface area contributed by atoms with E-state index in [1.165, 1.54) is 12.8 Å². The molecule has 0 aliphatic carbocycles. The van der Waals surface area contributed by atoms with Gasteiger partial charge in [0.1, 0.15) is 0 Å². The third-order valence-corrected chi connectivity index (χ3v) is 3.86. The van der Waals surface area contributed by atoms with Crippen molar-refractivity contribution in [2.24, 2.45) is 5.73 Å². The average molecular weight is 263 g/mol. The molecule has 0 bridgehead atoms. The molecule has 3 heteroatoms. The second-order valence-electron chi connectivity index (χ2n) is 5.30. The first kappa shape index (κ1) is 14.5. The van der Waals surface area contributed by atoms with Gasteiger partial charge in [0, 0.05) is 19.8 Å². The molecule has 0 saturated carbocycles. The second-order valence-corrected chi connectivity index (χ2v) is 5.30. The Bertz CT molecular complexity index is 349. The van der Waals surface area contributed by atoms with Crippen LogP contribution in [-0.2, 0) is 9.47 Å². The number of methoxy groups -OCH3 is 1. The van der Waals surface area contributed by atoms with Crippen molar-refractivity contribution < 1.29 is 9.47 Å². The van der Waals surface area contributed by atoms with Crippen molar-refractivity contribution in [1.29, 1.82) is 0 Å². The van der Waals surface area contributed by atoms with Crippen LogP contribution in [0.1, 0.15) is 43.8 Å². The van der Waals surface area contributed by atoms with Gasteiger partial charge in [-0.15, -0.1) is 0 Å². The SMILES string of the molecule is COC(c1ccccc1)C(N)CCCC1CCCO1. The van der Waals surface area contributed by atoms with Crippen LogP contribution in [0.15, 0.2) is 30.3 Å². The lowest BCUT2D eigenvalue weighted by Crippen LogP contribution is -2.30. The Morgan fingerprint density at radius 3 is 2.79 bits per heavy atom. The third-order valence-electron chi connectivity index (χ3n) is 3.86. The van der Waals surface area contributed by atoms with E-state index in [1.807, 2.05) is 18.2 Å². The van der Waals surface area contributed by atoms with Gasteiger partial charge in [-0.3, -0.25) is 0 Å². The number of nitrogens with two attached hydrogens (primary N) is 1. The van der Waals surface area contributed by atoms with Crippen LogP contribution >= 0.6 is 0 Å². The lowest BCUT2D eigenvalue weighted by molar-refractivity contribution is 0.0715. The average Bonchev–Trinajstić information content (AvgIpc) is 2.94. The largest absolute Gasteiger partial charge is 0.378 e. The molecule has 1 heterocycles. The van der Waals surface area contributed by atoms with E-state index in [-0.39, 0.29) is 12.1 Å². The highest BCUT2D eigenvalue weighted by atomic mass is 16.5. The van der Waals surface area contributed by atoms with E-state index in [1.54, 1.807) is 7.11 Å². The van der Waals surface area contributed by atoms with E-state index in [0.29, 0.717) is 6.10 Å². The minimum atomic E-state index is -0.00861. The zero-order chi connectivity index (χ0) is 13.5. The number of hydrogen-bond donors (Lipinski definition) is 1. The first-order chi connectivity index (χ1) is 9.31. The van der Waals surface area contributed by atoms with Crippen molar-refractivity contribution in [2.75, 3.05) is 13.7 Å². The molecule has 1 aromatic carbocycles. The Morgan fingerprint density at radius 1 is 1.37 bits per heavy atom. The van der Waals surface area contributed by atoms with Crippen LogP contribution in [0.2, 0.25) is 0 Å². The highest BCUT2D eigenvalue weighted by Gasteiger charge is 2.20. The topological polar surface area (TPSA) is 44.5 Å². The van der Waals surface area contributed by atoms with Crippen LogP contribution in [0.5, 0.6) is 0 Å². The normalized spacial score (nSPS) is 22.3. The molecule has 3 nitrogen and oxygen atoms in total. The molecule has 1 aliphatic rings. The number of ether oxygens (including phenoxy) is 2. The third kappa shape index (κ3) is 4.30. The summed E-state index contributed by atoms with van der Waals surface area (Å²) in [6.07, 6.45) is 6.09. The van der Waals surface area contributed by atoms with Gasteiger partial charge in [-0.05, 0) is 37.7 Å². The van der Waals surface area contributed by atoms with Crippen LogP contribution in [-0.4, -0.2) is 25.9 Å². The van der Waals surface area contributed by atoms with Gasteiger partial charge in [-0.25, -0.2) is 0 Å². The Hall–Kier alpha value is -0.900. The van der Waals surface area contributed by atoms with Crippen LogP contribution < -0.4 is 5.73 Å². The Balaban J connectivity index is 1.78. The molecule has 1 saturated heterocycles. The molecule has 19 heavy (non-hydrogen) atoms. The van der Waals surface area contributed by atoms with E-state index in [0.717, 1.165) is 31.4 Å². The quantitative estimate of drug-likeness (QED) is 0.822. The minimum absolute atomic E-state index is 0.00861. The first-order valence-electron chi connectivity index (χ1n) is 7.26. The van der Waals surface area contributed by atoms with Crippen molar-refractivity contribution in [2.45, 2.75) is 50.4 Å². The van der Waals surface area contributed by atoms with Gasteiger partial charge < -0.3 is 15.2 Å². The first-order valence-corrected chi connectivity index (χ1v) is 7.26. The standard InChI is InChI=1S/C16H25NO2/c1-18-16(13-7-3-2-4-8-13)15(17)11-5-9-14-10-6-12-19-14/h2-4,7-8,14-16H,5-6,9-12,17H2,1H3. The van der Waals surface area contributed by atoms with Gasteiger partial charge in [0.25, 0.3) is 0 Å². The molecule has 3 atom stereocenters.